The van der Waals surface area contributed by atoms with E-state index in [0.29, 0.717) is 49.5 Å². The molecule has 9 heteroatoms. The van der Waals surface area contributed by atoms with Gasteiger partial charge in [0.05, 0.1) is 4.88 Å². The fourth-order valence-electron chi connectivity index (χ4n) is 3.84. The van der Waals surface area contributed by atoms with Crippen LogP contribution in [0.1, 0.15) is 35.4 Å². The lowest BCUT2D eigenvalue weighted by molar-refractivity contribution is 0.0699. The molecular formula is C19H24FN3O3S2. The van der Waals surface area contributed by atoms with Gasteiger partial charge < -0.3 is 4.90 Å². The fraction of sp³-hybridized carbons (Fsp3) is 0.526. The summed E-state index contributed by atoms with van der Waals surface area (Å²) in [6.07, 6.45) is 3.95. The molecule has 1 aromatic heterocycles. The van der Waals surface area contributed by atoms with Gasteiger partial charge in [0.15, 0.2) is 0 Å². The number of nitrogens with zero attached hydrogens (tertiary/aromatic N) is 3. The first-order valence-electron chi connectivity index (χ1n) is 9.69. The quantitative estimate of drug-likeness (QED) is 0.760. The van der Waals surface area contributed by atoms with Crippen LogP contribution in [0.2, 0.25) is 0 Å². The summed E-state index contributed by atoms with van der Waals surface area (Å²) >= 11 is 1.27. The highest BCUT2D eigenvalue weighted by Crippen LogP contribution is 2.29. The van der Waals surface area contributed by atoms with Crippen molar-refractivity contribution >= 4 is 37.5 Å². The number of amides is 1. The first-order chi connectivity index (χ1) is 13.5. The first kappa shape index (κ1) is 19.8. The molecule has 0 unspecified atom stereocenters. The van der Waals surface area contributed by atoms with Crippen molar-refractivity contribution in [1.29, 1.82) is 0 Å². The number of carbonyl (C=O) groups is 1. The summed E-state index contributed by atoms with van der Waals surface area (Å²) in [5.74, 6) is -0.492. The van der Waals surface area contributed by atoms with E-state index in [2.05, 4.69) is 0 Å². The molecule has 0 spiro atoms. The SMILES string of the molecule is O=C(c1cc2c(F)cccc2s1)N1CCN(S(=O)(=O)N2CCCCCC2)CC1. The molecule has 0 bridgehead atoms. The summed E-state index contributed by atoms with van der Waals surface area (Å²) in [7, 11) is -3.47. The van der Waals surface area contributed by atoms with Gasteiger partial charge in [-0.15, -0.1) is 11.3 Å². The maximum atomic E-state index is 13.9. The number of fused-ring (bicyclic) bond motifs is 1. The molecule has 4 rings (SSSR count). The monoisotopic (exact) mass is 425 g/mol. The van der Waals surface area contributed by atoms with Crippen LogP contribution >= 0.6 is 11.3 Å². The minimum absolute atomic E-state index is 0.160. The number of hydrogen-bond donors (Lipinski definition) is 0. The molecule has 152 valence electrons. The summed E-state index contributed by atoms with van der Waals surface area (Å²) < 4.78 is 43.5. The predicted molar refractivity (Wildman–Crippen MR) is 108 cm³/mol. The van der Waals surface area contributed by atoms with Crippen LogP contribution in [0.5, 0.6) is 0 Å². The Kier molecular flexibility index (Phi) is 5.69. The van der Waals surface area contributed by atoms with Crippen LogP contribution in [-0.2, 0) is 10.2 Å². The van der Waals surface area contributed by atoms with E-state index >= 15 is 0 Å². The first-order valence-corrected chi connectivity index (χ1v) is 11.9. The highest BCUT2D eigenvalue weighted by Gasteiger charge is 2.34. The van der Waals surface area contributed by atoms with Crippen LogP contribution in [0.3, 0.4) is 0 Å². The Morgan fingerprint density at radius 2 is 1.57 bits per heavy atom. The smallest absolute Gasteiger partial charge is 0.282 e. The lowest BCUT2D eigenvalue weighted by atomic mass is 10.2. The van der Waals surface area contributed by atoms with Gasteiger partial charge in [-0.1, -0.05) is 18.9 Å². The largest absolute Gasteiger partial charge is 0.335 e. The Morgan fingerprint density at radius 1 is 0.929 bits per heavy atom. The van der Waals surface area contributed by atoms with Crippen molar-refractivity contribution in [3.8, 4) is 0 Å². The van der Waals surface area contributed by atoms with E-state index in [1.165, 1.54) is 21.7 Å². The van der Waals surface area contributed by atoms with Gasteiger partial charge in [0.2, 0.25) is 0 Å². The lowest BCUT2D eigenvalue weighted by Crippen LogP contribution is -2.54. The molecule has 2 aliphatic rings. The van der Waals surface area contributed by atoms with Crippen LogP contribution in [0.15, 0.2) is 24.3 Å². The normalized spacial score (nSPS) is 20.4. The van der Waals surface area contributed by atoms with Crippen LogP contribution in [-0.4, -0.2) is 67.1 Å². The number of benzene rings is 1. The van der Waals surface area contributed by atoms with Crippen LogP contribution in [0.25, 0.3) is 10.1 Å². The maximum Gasteiger partial charge on any atom is 0.282 e. The van der Waals surface area contributed by atoms with Gasteiger partial charge in [0.1, 0.15) is 5.82 Å². The highest BCUT2D eigenvalue weighted by molar-refractivity contribution is 7.86. The second-order valence-corrected chi connectivity index (χ2v) is 10.3. The molecule has 0 saturated carbocycles. The number of piperazine rings is 1. The van der Waals surface area contributed by atoms with Gasteiger partial charge in [-0.3, -0.25) is 4.79 Å². The molecule has 0 radical (unpaired) electrons. The summed E-state index contributed by atoms with van der Waals surface area (Å²) in [4.78, 5) is 15.0. The minimum atomic E-state index is -3.47. The zero-order valence-electron chi connectivity index (χ0n) is 15.6. The topological polar surface area (TPSA) is 60.9 Å². The van der Waals surface area contributed by atoms with Crippen LogP contribution in [0, 0.1) is 5.82 Å². The van der Waals surface area contributed by atoms with Gasteiger partial charge in [0.25, 0.3) is 16.1 Å². The molecule has 2 aromatic rings. The second-order valence-electron chi connectivity index (χ2n) is 7.27. The number of thiophene rings is 1. The average molecular weight is 426 g/mol. The molecular weight excluding hydrogens is 401 g/mol. The molecule has 6 nitrogen and oxygen atoms in total. The lowest BCUT2D eigenvalue weighted by Gasteiger charge is -2.36. The van der Waals surface area contributed by atoms with Gasteiger partial charge in [-0.25, -0.2) is 4.39 Å². The van der Waals surface area contributed by atoms with E-state index in [9.17, 15) is 17.6 Å². The fourth-order valence-corrected chi connectivity index (χ4v) is 6.56. The molecule has 28 heavy (non-hydrogen) atoms. The van der Waals surface area contributed by atoms with Crippen molar-refractivity contribution in [3.05, 3.63) is 35.0 Å². The molecule has 0 aliphatic carbocycles. The summed E-state index contributed by atoms with van der Waals surface area (Å²) in [6, 6.07) is 6.41. The summed E-state index contributed by atoms with van der Waals surface area (Å²) in [6.45, 7) is 2.45. The molecule has 1 aromatic carbocycles. The van der Waals surface area contributed by atoms with E-state index in [-0.39, 0.29) is 11.7 Å². The third-order valence-electron chi connectivity index (χ3n) is 5.46. The van der Waals surface area contributed by atoms with E-state index < -0.39 is 10.2 Å². The van der Waals surface area contributed by atoms with E-state index in [4.69, 9.17) is 0 Å². The number of carbonyl (C=O) groups excluding carboxylic acids is 1. The Morgan fingerprint density at radius 3 is 2.21 bits per heavy atom. The molecule has 0 atom stereocenters. The predicted octanol–water partition coefficient (Wildman–Crippen LogP) is 2.92. The van der Waals surface area contributed by atoms with Gasteiger partial charge in [-0.2, -0.15) is 17.0 Å². The summed E-state index contributed by atoms with van der Waals surface area (Å²) in [5.41, 5.74) is 0. The molecule has 3 heterocycles. The Bertz CT molecular complexity index is 960. The molecule has 0 N–H and O–H groups in total. The molecule has 2 saturated heterocycles. The van der Waals surface area contributed by atoms with Crippen molar-refractivity contribution < 1.29 is 17.6 Å². The Hall–Kier alpha value is -1.55. The second kappa shape index (κ2) is 8.06. The number of halogens is 1. The van der Waals surface area contributed by atoms with Gasteiger partial charge >= 0.3 is 0 Å². The van der Waals surface area contributed by atoms with Crippen molar-refractivity contribution in [2.75, 3.05) is 39.3 Å². The third-order valence-corrected chi connectivity index (χ3v) is 8.59. The zero-order chi connectivity index (χ0) is 19.7. The van der Waals surface area contributed by atoms with Gasteiger partial charge in [0, 0.05) is 49.4 Å². The average Bonchev–Trinajstić information content (AvgIpc) is 2.95. The third kappa shape index (κ3) is 3.80. The van der Waals surface area contributed by atoms with Crippen molar-refractivity contribution in [2.24, 2.45) is 0 Å². The number of rotatable bonds is 3. The highest BCUT2D eigenvalue weighted by atomic mass is 32.2. The Balaban J connectivity index is 1.43. The van der Waals surface area contributed by atoms with Crippen LogP contribution in [0.4, 0.5) is 4.39 Å². The Labute approximate surface area is 168 Å². The molecule has 2 fully saturated rings. The number of hydrogen-bond acceptors (Lipinski definition) is 4. The molecule has 2 aliphatic heterocycles. The molecule has 1 amide bonds. The van der Waals surface area contributed by atoms with Crippen molar-refractivity contribution in [2.45, 2.75) is 25.7 Å². The maximum absolute atomic E-state index is 13.9. The van der Waals surface area contributed by atoms with Crippen LogP contribution < -0.4 is 0 Å². The van der Waals surface area contributed by atoms with E-state index in [0.717, 1.165) is 30.4 Å². The van der Waals surface area contributed by atoms with E-state index in [1.807, 2.05) is 0 Å². The minimum Gasteiger partial charge on any atom is -0.335 e. The zero-order valence-corrected chi connectivity index (χ0v) is 17.3. The van der Waals surface area contributed by atoms with Crippen molar-refractivity contribution in [1.82, 2.24) is 13.5 Å². The summed E-state index contributed by atoms with van der Waals surface area (Å²) in [5, 5.41) is 0.457. The van der Waals surface area contributed by atoms with Gasteiger partial charge in [-0.05, 0) is 31.0 Å². The standard InChI is InChI=1S/C19H24FN3O3S2/c20-16-6-5-7-17-15(16)14-18(27-17)19(24)21-10-12-23(13-11-21)28(25,26)22-8-3-1-2-4-9-22/h5-7,14H,1-4,8-13H2. The van der Waals surface area contributed by atoms with Crippen molar-refractivity contribution in [3.63, 3.8) is 0 Å². The van der Waals surface area contributed by atoms with E-state index in [1.54, 1.807) is 27.4 Å².